The Bertz CT molecular complexity index is 191. The highest BCUT2D eigenvalue weighted by Crippen LogP contribution is 2.27. The van der Waals surface area contributed by atoms with Gasteiger partial charge in [-0.1, -0.05) is 19.4 Å². The van der Waals surface area contributed by atoms with Gasteiger partial charge in [0.2, 0.25) is 0 Å². The van der Waals surface area contributed by atoms with Gasteiger partial charge in [-0.2, -0.15) is 0 Å². The number of methoxy groups -OCH3 is 1. The van der Waals surface area contributed by atoms with Crippen LogP contribution in [0.1, 0.15) is 32.6 Å². The fourth-order valence-corrected chi connectivity index (χ4v) is 1.61. The number of unbranched alkanes of at least 4 members (excludes halogenated alkanes) is 1. The maximum atomic E-state index is 9.54. The molecule has 1 aliphatic heterocycles. The van der Waals surface area contributed by atoms with Gasteiger partial charge in [0.1, 0.15) is 0 Å². The summed E-state index contributed by atoms with van der Waals surface area (Å²) < 4.78 is 10.9. The lowest BCUT2D eigenvalue weighted by Gasteiger charge is -2.35. The van der Waals surface area contributed by atoms with E-state index < -0.39 is 5.79 Å². The van der Waals surface area contributed by atoms with Gasteiger partial charge >= 0.3 is 0 Å². The topological polar surface area (TPSA) is 38.7 Å². The van der Waals surface area contributed by atoms with E-state index in [-0.39, 0.29) is 6.10 Å². The van der Waals surface area contributed by atoms with Crippen LogP contribution in [0.4, 0.5) is 0 Å². The highest BCUT2D eigenvalue weighted by Gasteiger charge is 2.34. The highest BCUT2D eigenvalue weighted by atomic mass is 16.7. The van der Waals surface area contributed by atoms with Crippen molar-refractivity contribution in [1.29, 1.82) is 0 Å². The quantitative estimate of drug-likeness (QED) is 0.704. The molecule has 3 nitrogen and oxygen atoms in total. The molecule has 1 fully saturated rings. The molecule has 1 saturated heterocycles. The minimum absolute atomic E-state index is 0.310. The molecular weight excluding hydrogens is 180 g/mol. The van der Waals surface area contributed by atoms with Gasteiger partial charge in [-0.25, -0.2) is 0 Å². The number of ether oxygens (including phenoxy) is 2. The van der Waals surface area contributed by atoms with E-state index >= 15 is 0 Å². The third-order valence-electron chi connectivity index (χ3n) is 2.49. The number of rotatable bonds is 4. The molecule has 0 aliphatic carbocycles. The number of allylic oxidation sites excluding steroid dienone is 1. The first kappa shape index (κ1) is 11.7. The van der Waals surface area contributed by atoms with Crippen LogP contribution in [0.15, 0.2) is 12.2 Å². The number of aliphatic hydroxyl groups excluding tert-OH is 1. The Hall–Kier alpha value is -0.380. The second-order valence-electron chi connectivity index (χ2n) is 3.70. The Morgan fingerprint density at radius 1 is 1.64 bits per heavy atom. The van der Waals surface area contributed by atoms with Crippen molar-refractivity contribution in [2.75, 3.05) is 13.7 Å². The fraction of sp³-hybridized carbons (Fsp3) is 0.818. The lowest BCUT2D eigenvalue weighted by atomic mass is 10.0. The van der Waals surface area contributed by atoms with Gasteiger partial charge in [0.25, 0.3) is 0 Å². The van der Waals surface area contributed by atoms with Crippen molar-refractivity contribution in [1.82, 2.24) is 0 Å². The SMILES string of the molecule is CCCC=C[C@]1(OC)C[C@@H](O)CCO1. The van der Waals surface area contributed by atoms with Crippen LogP contribution < -0.4 is 0 Å². The molecule has 1 N–H and O–H groups in total. The standard InChI is InChI=1S/C11H20O3/c1-3-4-5-7-11(13-2)9-10(12)6-8-14-11/h5,7,10,12H,3-4,6,8-9H2,1-2H3/t10-,11+/m0/s1. The van der Waals surface area contributed by atoms with Crippen molar-refractivity contribution >= 4 is 0 Å². The molecule has 2 atom stereocenters. The van der Waals surface area contributed by atoms with E-state index in [1.807, 2.05) is 6.08 Å². The summed E-state index contributed by atoms with van der Waals surface area (Å²) in [5.41, 5.74) is 0. The highest BCUT2D eigenvalue weighted by molar-refractivity contribution is 4.99. The minimum atomic E-state index is -0.688. The molecule has 82 valence electrons. The Kier molecular flexibility index (Phi) is 4.58. The molecule has 0 spiro atoms. The molecule has 14 heavy (non-hydrogen) atoms. The van der Waals surface area contributed by atoms with Gasteiger partial charge in [-0.15, -0.1) is 0 Å². The van der Waals surface area contributed by atoms with Crippen molar-refractivity contribution in [3.63, 3.8) is 0 Å². The van der Waals surface area contributed by atoms with E-state index in [9.17, 15) is 5.11 Å². The van der Waals surface area contributed by atoms with Crippen LogP contribution in [0.2, 0.25) is 0 Å². The third kappa shape index (κ3) is 3.08. The summed E-state index contributed by atoms with van der Waals surface area (Å²) in [7, 11) is 1.62. The smallest absolute Gasteiger partial charge is 0.189 e. The van der Waals surface area contributed by atoms with Gasteiger partial charge in [0, 0.05) is 13.5 Å². The first-order chi connectivity index (χ1) is 6.72. The summed E-state index contributed by atoms with van der Waals surface area (Å²) in [5, 5.41) is 9.54. The molecule has 0 radical (unpaired) electrons. The normalized spacial score (nSPS) is 33.8. The first-order valence-corrected chi connectivity index (χ1v) is 5.27. The lowest BCUT2D eigenvalue weighted by molar-refractivity contribution is -0.228. The van der Waals surface area contributed by atoms with Crippen LogP contribution in [0, 0.1) is 0 Å². The zero-order chi connectivity index (χ0) is 10.4. The molecule has 0 aromatic carbocycles. The second kappa shape index (κ2) is 5.49. The van der Waals surface area contributed by atoms with E-state index in [1.54, 1.807) is 7.11 Å². The molecule has 0 unspecified atom stereocenters. The van der Waals surface area contributed by atoms with Gasteiger partial charge in [-0.3, -0.25) is 0 Å². The number of hydrogen-bond acceptors (Lipinski definition) is 3. The van der Waals surface area contributed by atoms with Gasteiger partial charge in [0.05, 0.1) is 12.7 Å². The summed E-state index contributed by atoms with van der Waals surface area (Å²) in [4.78, 5) is 0. The van der Waals surface area contributed by atoms with Crippen molar-refractivity contribution in [3.05, 3.63) is 12.2 Å². The van der Waals surface area contributed by atoms with Crippen LogP contribution >= 0.6 is 0 Å². The van der Waals surface area contributed by atoms with Crippen LogP contribution in [0.25, 0.3) is 0 Å². The van der Waals surface area contributed by atoms with Crippen molar-refractivity contribution in [2.24, 2.45) is 0 Å². The summed E-state index contributed by atoms with van der Waals surface area (Å²) in [5.74, 6) is -0.688. The molecule has 1 rings (SSSR count). The molecule has 0 saturated carbocycles. The molecule has 0 aromatic heterocycles. The zero-order valence-corrected chi connectivity index (χ0v) is 9.03. The summed E-state index contributed by atoms with van der Waals surface area (Å²) in [6.45, 7) is 2.69. The molecular formula is C11H20O3. The van der Waals surface area contributed by atoms with Gasteiger partial charge < -0.3 is 14.6 Å². The second-order valence-corrected chi connectivity index (χ2v) is 3.70. The van der Waals surface area contributed by atoms with Crippen molar-refractivity contribution in [2.45, 2.75) is 44.5 Å². The minimum Gasteiger partial charge on any atom is -0.393 e. The van der Waals surface area contributed by atoms with Gasteiger partial charge in [0.15, 0.2) is 5.79 Å². The van der Waals surface area contributed by atoms with Gasteiger partial charge in [-0.05, 0) is 18.9 Å². The lowest BCUT2D eigenvalue weighted by Crippen LogP contribution is -2.41. The Balaban J connectivity index is 2.55. The van der Waals surface area contributed by atoms with E-state index in [4.69, 9.17) is 9.47 Å². The summed E-state index contributed by atoms with van der Waals surface area (Å²) in [6.07, 6.45) is 7.04. The van der Waals surface area contributed by atoms with E-state index in [2.05, 4.69) is 13.0 Å². The Morgan fingerprint density at radius 2 is 2.43 bits per heavy atom. The van der Waals surface area contributed by atoms with Crippen LogP contribution in [0.3, 0.4) is 0 Å². The van der Waals surface area contributed by atoms with E-state index in [1.165, 1.54) is 0 Å². The third-order valence-corrected chi connectivity index (χ3v) is 2.49. The predicted octanol–water partition coefficient (Wildman–Crippen LogP) is 1.86. The monoisotopic (exact) mass is 200 g/mol. The maximum Gasteiger partial charge on any atom is 0.189 e. The largest absolute Gasteiger partial charge is 0.393 e. The van der Waals surface area contributed by atoms with Crippen LogP contribution in [-0.2, 0) is 9.47 Å². The number of aliphatic hydroxyl groups is 1. The molecule has 3 heteroatoms. The molecule has 0 amide bonds. The van der Waals surface area contributed by atoms with Crippen LogP contribution in [0.5, 0.6) is 0 Å². The Morgan fingerprint density at radius 3 is 3.00 bits per heavy atom. The predicted molar refractivity (Wildman–Crippen MR) is 55.0 cm³/mol. The van der Waals surface area contributed by atoms with Crippen molar-refractivity contribution in [3.8, 4) is 0 Å². The van der Waals surface area contributed by atoms with E-state index in [0.717, 1.165) is 12.8 Å². The van der Waals surface area contributed by atoms with E-state index in [0.29, 0.717) is 19.4 Å². The average molecular weight is 200 g/mol. The molecule has 0 aromatic rings. The molecule has 0 bridgehead atoms. The fourth-order valence-electron chi connectivity index (χ4n) is 1.61. The average Bonchev–Trinajstić information content (AvgIpc) is 2.18. The summed E-state index contributed by atoms with van der Waals surface area (Å²) >= 11 is 0. The van der Waals surface area contributed by atoms with Crippen LogP contribution in [-0.4, -0.2) is 30.7 Å². The molecule has 1 heterocycles. The maximum absolute atomic E-state index is 9.54. The van der Waals surface area contributed by atoms with Crippen molar-refractivity contribution < 1.29 is 14.6 Å². The number of hydrogen-bond donors (Lipinski definition) is 1. The summed E-state index contributed by atoms with van der Waals surface area (Å²) in [6, 6.07) is 0. The molecule has 1 aliphatic rings. The zero-order valence-electron chi connectivity index (χ0n) is 9.03. The Labute approximate surface area is 85.7 Å². The first-order valence-electron chi connectivity index (χ1n) is 5.27.